The number of hydrogen-bond acceptors (Lipinski definition) is 4. The quantitative estimate of drug-likeness (QED) is 0.284. The van der Waals surface area contributed by atoms with Crippen molar-refractivity contribution in [3.05, 3.63) is 119 Å². The van der Waals surface area contributed by atoms with Crippen molar-refractivity contribution in [2.24, 2.45) is 5.73 Å². The van der Waals surface area contributed by atoms with Gasteiger partial charge in [-0.1, -0.05) is 18.2 Å². The van der Waals surface area contributed by atoms with Gasteiger partial charge in [-0.3, -0.25) is 19.4 Å². The van der Waals surface area contributed by atoms with Crippen LogP contribution >= 0.6 is 0 Å². The predicted octanol–water partition coefficient (Wildman–Crippen LogP) is 5.68. The van der Waals surface area contributed by atoms with Gasteiger partial charge in [-0.05, 0) is 71.6 Å². The van der Waals surface area contributed by atoms with Gasteiger partial charge < -0.3 is 11.1 Å². The van der Waals surface area contributed by atoms with Crippen LogP contribution < -0.4 is 11.1 Å². The van der Waals surface area contributed by atoms with Gasteiger partial charge in [0, 0.05) is 47.8 Å². The average Bonchev–Trinajstić information content (AvgIpc) is 3.21. The second-order valence-electron chi connectivity index (χ2n) is 9.78. The molecule has 3 aromatic carbocycles. The van der Waals surface area contributed by atoms with E-state index in [1.165, 1.54) is 30.3 Å². The summed E-state index contributed by atoms with van der Waals surface area (Å²) in [5.74, 6) is -4.84. The van der Waals surface area contributed by atoms with Crippen LogP contribution in [0.4, 0.5) is 18.9 Å². The lowest BCUT2D eigenvalue weighted by Crippen LogP contribution is -2.19. The van der Waals surface area contributed by atoms with E-state index in [-0.39, 0.29) is 30.6 Å². The Balaban J connectivity index is 1.50. The van der Waals surface area contributed by atoms with E-state index in [1.807, 2.05) is 0 Å². The summed E-state index contributed by atoms with van der Waals surface area (Å²) in [5, 5.41) is 2.67. The summed E-state index contributed by atoms with van der Waals surface area (Å²) < 4.78 is 42.0. The Morgan fingerprint density at radius 1 is 0.925 bits per heavy atom. The van der Waals surface area contributed by atoms with E-state index in [1.54, 1.807) is 42.6 Å². The van der Waals surface area contributed by atoms with Gasteiger partial charge in [0.15, 0.2) is 0 Å². The molecule has 40 heavy (non-hydrogen) atoms. The fourth-order valence-corrected chi connectivity index (χ4v) is 5.19. The Morgan fingerprint density at radius 2 is 1.70 bits per heavy atom. The average molecular weight is 544 g/mol. The summed E-state index contributed by atoms with van der Waals surface area (Å²) in [4.78, 5) is 42.4. The minimum atomic E-state index is -0.860. The van der Waals surface area contributed by atoms with E-state index in [0.29, 0.717) is 33.6 Å². The molecule has 0 saturated heterocycles. The Kier molecular flexibility index (Phi) is 7.46. The van der Waals surface area contributed by atoms with Gasteiger partial charge in [0.25, 0.3) is 0 Å². The third-order valence-electron chi connectivity index (χ3n) is 6.96. The van der Waals surface area contributed by atoms with Crippen molar-refractivity contribution >= 4 is 23.3 Å². The van der Waals surface area contributed by atoms with Gasteiger partial charge in [0.1, 0.15) is 23.2 Å². The zero-order valence-electron chi connectivity index (χ0n) is 21.2. The Hall–Kier alpha value is -4.79. The van der Waals surface area contributed by atoms with Crippen molar-refractivity contribution in [3.8, 4) is 11.1 Å². The summed E-state index contributed by atoms with van der Waals surface area (Å²) in [6.45, 7) is 0. The number of fused-ring (bicyclic) bond motifs is 1. The first-order valence-corrected chi connectivity index (χ1v) is 12.6. The molecule has 0 radical (unpaired) electrons. The smallest absolute Gasteiger partial charge is 0.248 e. The van der Waals surface area contributed by atoms with E-state index in [2.05, 4.69) is 10.3 Å². The second-order valence-corrected chi connectivity index (χ2v) is 9.78. The monoisotopic (exact) mass is 543 g/mol. The molecule has 0 bridgehead atoms. The number of Topliss-reactive ketones (excluding diaryl/α,β-unsaturated/α-hetero) is 1. The highest BCUT2D eigenvalue weighted by Gasteiger charge is 2.33. The molecule has 2 amide bonds. The van der Waals surface area contributed by atoms with Crippen LogP contribution in [-0.4, -0.2) is 22.6 Å². The van der Waals surface area contributed by atoms with Crippen LogP contribution in [0.1, 0.15) is 51.9 Å². The molecular formula is C31H24F3N3O3. The lowest BCUT2D eigenvalue weighted by Gasteiger charge is -2.20. The lowest BCUT2D eigenvalue weighted by molar-refractivity contribution is -0.124. The number of hydrogen-bond donors (Lipinski definition) is 2. The van der Waals surface area contributed by atoms with Gasteiger partial charge in [-0.25, -0.2) is 13.2 Å². The van der Waals surface area contributed by atoms with Crippen molar-refractivity contribution in [1.82, 2.24) is 4.98 Å². The molecule has 1 aliphatic heterocycles. The predicted molar refractivity (Wildman–Crippen MR) is 143 cm³/mol. The van der Waals surface area contributed by atoms with Crippen LogP contribution in [0, 0.1) is 17.5 Å². The number of anilines is 1. The molecule has 1 unspecified atom stereocenters. The number of pyridine rings is 1. The molecule has 0 aliphatic carbocycles. The molecule has 0 fully saturated rings. The van der Waals surface area contributed by atoms with Crippen molar-refractivity contribution < 1.29 is 27.6 Å². The number of nitrogens with one attached hydrogen (secondary N) is 1. The van der Waals surface area contributed by atoms with E-state index in [9.17, 15) is 27.6 Å². The fourth-order valence-electron chi connectivity index (χ4n) is 5.19. The molecule has 2 heterocycles. The largest absolute Gasteiger partial charge is 0.366 e. The summed E-state index contributed by atoms with van der Waals surface area (Å²) in [5.41, 5.74) is 8.65. The number of amides is 2. The second kappa shape index (κ2) is 11.1. The van der Waals surface area contributed by atoms with Crippen molar-refractivity contribution in [3.63, 3.8) is 0 Å². The molecule has 5 rings (SSSR count). The Morgan fingerprint density at radius 3 is 2.45 bits per heavy atom. The first kappa shape index (κ1) is 26.8. The molecule has 9 heteroatoms. The molecule has 4 aromatic rings. The van der Waals surface area contributed by atoms with Gasteiger partial charge in [-0.2, -0.15) is 0 Å². The number of primary amides is 1. The lowest BCUT2D eigenvalue weighted by atomic mass is 9.84. The van der Waals surface area contributed by atoms with Crippen LogP contribution in [0.15, 0.2) is 79.0 Å². The number of carbonyl (C=O) groups excluding carboxylic acids is 3. The minimum Gasteiger partial charge on any atom is -0.366 e. The van der Waals surface area contributed by atoms with Crippen LogP contribution in [0.3, 0.4) is 0 Å². The minimum absolute atomic E-state index is 0.0715. The van der Waals surface area contributed by atoms with E-state index in [0.717, 1.165) is 6.07 Å². The van der Waals surface area contributed by atoms with Crippen molar-refractivity contribution in [2.45, 2.75) is 31.1 Å². The number of nitrogens with two attached hydrogens (primary N) is 1. The zero-order valence-corrected chi connectivity index (χ0v) is 21.2. The van der Waals surface area contributed by atoms with E-state index < -0.39 is 41.1 Å². The highest BCUT2D eigenvalue weighted by Crippen LogP contribution is 2.38. The number of halogens is 3. The van der Waals surface area contributed by atoms with Gasteiger partial charge in [-0.15, -0.1) is 0 Å². The van der Waals surface area contributed by atoms with Crippen LogP contribution in [-0.2, 0) is 16.0 Å². The zero-order chi connectivity index (χ0) is 28.4. The maximum absolute atomic E-state index is 14.1. The molecular weight excluding hydrogens is 519 g/mol. The first-order valence-electron chi connectivity index (χ1n) is 12.6. The van der Waals surface area contributed by atoms with Gasteiger partial charge >= 0.3 is 0 Å². The number of rotatable bonds is 9. The summed E-state index contributed by atoms with van der Waals surface area (Å²) in [7, 11) is 0. The van der Waals surface area contributed by atoms with Gasteiger partial charge in [0.05, 0.1) is 11.6 Å². The Labute approximate surface area is 228 Å². The number of ketones is 1. The normalized spacial score (nSPS) is 14.9. The number of aromatic nitrogens is 1. The Bertz CT molecular complexity index is 1620. The van der Waals surface area contributed by atoms with Crippen LogP contribution in [0.2, 0.25) is 0 Å². The third-order valence-corrected chi connectivity index (χ3v) is 6.96. The maximum Gasteiger partial charge on any atom is 0.248 e. The SMILES string of the molecule is NC(=O)c1cccc(-c2cccnc2[C@@H](CC(=O)CC2C(=O)Nc3ccc(F)cc32)Cc2cc(F)cc(F)c2)c1. The van der Waals surface area contributed by atoms with Crippen LogP contribution in [0.25, 0.3) is 11.1 Å². The molecule has 1 aromatic heterocycles. The highest BCUT2D eigenvalue weighted by atomic mass is 19.1. The van der Waals surface area contributed by atoms with Crippen molar-refractivity contribution in [1.29, 1.82) is 0 Å². The molecule has 202 valence electrons. The molecule has 0 saturated carbocycles. The van der Waals surface area contributed by atoms with E-state index >= 15 is 0 Å². The number of carbonyl (C=O) groups is 3. The molecule has 3 N–H and O–H groups in total. The topological polar surface area (TPSA) is 102 Å². The number of benzene rings is 3. The van der Waals surface area contributed by atoms with Crippen LogP contribution in [0.5, 0.6) is 0 Å². The summed E-state index contributed by atoms with van der Waals surface area (Å²) in [6.07, 6.45) is 1.33. The number of nitrogens with zero attached hydrogens (tertiary/aromatic N) is 1. The van der Waals surface area contributed by atoms with Gasteiger partial charge in [0.2, 0.25) is 11.8 Å². The maximum atomic E-state index is 14.1. The highest BCUT2D eigenvalue weighted by molar-refractivity contribution is 6.05. The molecule has 0 spiro atoms. The van der Waals surface area contributed by atoms with Crippen molar-refractivity contribution in [2.75, 3.05) is 5.32 Å². The van der Waals surface area contributed by atoms with E-state index in [4.69, 9.17) is 5.73 Å². The standard InChI is InChI=1S/C31H24F3N3O3/c32-21-6-7-28-26(15-21)27(31(40)37-28)16-24(38)13-20(9-17-10-22(33)14-23(34)11-17)29-25(5-2-8-36-29)18-3-1-4-19(12-18)30(35)39/h1-8,10-12,14-15,20,27H,9,13,16H2,(H2,35,39)(H,37,40)/t20-,27?/m1/s1. The molecule has 1 aliphatic rings. The summed E-state index contributed by atoms with van der Waals surface area (Å²) in [6, 6.07) is 17.2. The molecule has 2 atom stereocenters. The fraction of sp³-hybridized carbons (Fsp3) is 0.161. The molecule has 6 nitrogen and oxygen atoms in total. The first-order chi connectivity index (χ1) is 19.2. The third kappa shape index (κ3) is 5.78. The summed E-state index contributed by atoms with van der Waals surface area (Å²) >= 11 is 0.